The van der Waals surface area contributed by atoms with Gasteiger partial charge in [-0.05, 0) is 36.8 Å². The quantitative estimate of drug-likeness (QED) is 0.811. The number of aliphatic hydroxyl groups is 1. The number of Topliss-reactive ketones (excluding diaryl/α,β-unsaturated/α-hetero) is 1. The topological polar surface area (TPSA) is 57.6 Å². The summed E-state index contributed by atoms with van der Waals surface area (Å²) in [6, 6.07) is 13.3. The van der Waals surface area contributed by atoms with E-state index in [0.717, 1.165) is 4.47 Å². The number of carbonyl (C=O) groups excluding carboxylic acids is 2. The van der Waals surface area contributed by atoms with Crippen molar-refractivity contribution >= 4 is 44.9 Å². The van der Waals surface area contributed by atoms with E-state index in [1.807, 2.05) is 6.07 Å². The third-order valence-electron chi connectivity index (χ3n) is 3.87. The third kappa shape index (κ3) is 2.74. The lowest BCUT2D eigenvalue weighted by Gasteiger charge is -2.27. The number of amides is 1. The van der Waals surface area contributed by atoms with Gasteiger partial charge in [-0.3, -0.25) is 14.5 Å². The molecule has 0 unspecified atom stereocenters. The Bertz CT molecular complexity index is 878. The molecule has 2 aromatic carbocycles. The first-order chi connectivity index (χ1) is 11.4. The number of aliphatic hydroxyl groups excluding tert-OH is 1. The lowest BCUT2D eigenvalue weighted by Crippen LogP contribution is -2.31. The van der Waals surface area contributed by atoms with E-state index in [-0.39, 0.29) is 11.4 Å². The van der Waals surface area contributed by atoms with E-state index in [2.05, 4.69) is 15.9 Å². The van der Waals surface area contributed by atoms with Crippen LogP contribution in [-0.4, -0.2) is 16.8 Å². The molecule has 4 nitrogen and oxygen atoms in total. The van der Waals surface area contributed by atoms with E-state index in [1.54, 1.807) is 42.5 Å². The Morgan fingerprint density at radius 1 is 1.21 bits per heavy atom. The van der Waals surface area contributed by atoms with Crippen LogP contribution in [0.3, 0.4) is 0 Å². The maximum Gasteiger partial charge on any atom is 0.294 e. The van der Waals surface area contributed by atoms with E-state index in [4.69, 9.17) is 11.6 Å². The minimum Gasteiger partial charge on any atom is -0.503 e. The number of hydrogen-bond donors (Lipinski definition) is 1. The average molecular weight is 407 g/mol. The molecule has 0 aliphatic carbocycles. The second kappa shape index (κ2) is 6.42. The van der Waals surface area contributed by atoms with Crippen molar-refractivity contribution in [1.82, 2.24) is 0 Å². The molecule has 0 radical (unpaired) electrons. The van der Waals surface area contributed by atoms with Crippen LogP contribution in [0, 0.1) is 0 Å². The average Bonchev–Trinajstić information content (AvgIpc) is 2.79. The van der Waals surface area contributed by atoms with E-state index in [1.165, 1.54) is 11.8 Å². The maximum absolute atomic E-state index is 12.6. The lowest BCUT2D eigenvalue weighted by atomic mass is 9.96. The molecule has 1 atom stereocenters. The summed E-state index contributed by atoms with van der Waals surface area (Å²) in [6.45, 7) is 1.33. The zero-order chi connectivity index (χ0) is 17.4. The molecular weight excluding hydrogens is 394 g/mol. The van der Waals surface area contributed by atoms with Crippen molar-refractivity contribution in [2.45, 2.75) is 13.0 Å². The van der Waals surface area contributed by atoms with E-state index in [0.29, 0.717) is 16.3 Å². The van der Waals surface area contributed by atoms with Crippen LogP contribution in [-0.2, 0) is 9.59 Å². The van der Waals surface area contributed by atoms with Crippen molar-refractivity contribution in [3.63, 3.8) is 0 Å². The van der Waals surface area contributed by atoms with Crippen LogP contribution in [0.15, 0.2) is 64.3 Å². The Labute approximate surface area is 152 Å². The molecular formula is C18H13BrClNO3. The third-order valence-corrected chi connectivity index (χ3v) is 4.71. The highest BCUT2D eigenvalue weighted by atomic mass is 79.9. The Kier molecular flexibility index (Phi) is 4.47. The second-order valence-corrected chi connectivity index (χ2v) is 6.72. The minimum atomic E-state index is -0.766. The SMILES string of the molecule is CC(=O)C1=C(O)C(=O)N(c2cccc(Br)c2)[C@@H]1c1ccccc1Cl. The van der Waals surface area contributed by atoms with Gasteiger partial charge in [0.25, 0.3) is 5.91 Å². The molecule has 1 amide bonds. The highest BCUT2D eigenvalue weighted by Crippen LogP contribution is 2.43. The predicted molar refractivity (Wildman–Crippen MR) is 96.2 cm³/mol. The number of carbonyl (C=O) groups is 2. The fourth-order valence-electron chi connectivity index (χ4n) is 2.85. The summed E-state index contributed by atoms with van der Waals surface area (Å²) in [6.07, 6.45) is 0. The molecule has 1 heterocycles. The number of nitrogens with zero attached hydrogens (tertiary/aromatic N) is 1. The first kappa shape index (κ1) is 16.7. The summed E-state index contributed by atoms with van der Waals surface area (Å²) >= 11 is 9.66. The summed E-state index contributed by atoms with van der Waals surface area (Å²) < 4.78 is 0.779. The Morgan fingerprint density at radius 2 is 1.92 bits per heavy atom. The van der Waals surface area contributed by atoms with Crippen molar-refractivity contribution in [1.29, 1.82) is 0 Å². The second-order valence-electron chi connectivity index (χ2n) is 5.40. The van der Waals surface area contributed by atoms with Crippen molar-refractivity contribution in [2.24, 2.45) is 0 Å². The maximum atomic E-state index is 12.6. The van der Waals surface area contributed by atoms with Crippen molar-refractivity contribution < 1.29 is 14.7 Å². The minimum absolute atomic E-state index is 0.0491. The highest BCUT2D eigenvalue weighted by molar-refractivity contribution is 9.10. The molecule has 3 rings (SSSR count). The van der Waals surface area contributed by atoms with Crippen molar-refractivity contribution in [2.75, 3.05) is 4.90 Å². The van der Waals surface area contributed by atoms with Gasteiger partial charge in [0.1, 0.15) is 0 Å². The van der Waals surface area contributed by atoms with Crippen LogP contribution in [0.4, 0.5) is 5.69 Å². The van der Waals surface area contributed by atoms with Crippen LogP contribution >= 0.6 is 27.5 Å². The summed E-state index contributed by atoms with van der Waals surface area (Å²) in [4.78, 5) is 26.1. The highest BCUT2D eigenvalue weighted by Gasteiger charge is 2.43. The van der Waals surface area contributed by atoms with Crippen LogP contribution in [0.1, 0.15) is 18.5 Å². The van der Waals surface area contributed by atoms with Crippen LogP contribution in [0.5, 0.6) is 0 Å². The lowest BCUT2D eigenvalue weighted by molar-refractivity contribution is -0.117. The van der Waals surface area contributed by atoms with Gasteiger partial charge < -0.3 is 5.11 Å². The smallest absolute Gasteiger partial charge is 0.294 e. The molecule has 0 spiro atoms. The Hall–Kier alpha value is -2.11. The fourth-order valence-corrected chi connectivity index (χ4v) is 3.47. The van der Waals surface area contributed by atoms with E-state index in [9.17, 15) is 14.7 Å². The molecule has 1 aliphatic rings. The number of rotatable bonds is 3. The summed E-state index contributed by atoms with van der Waals surface area (Å²) in [7, 11) is 0. The Morgan fingerprint density at radius 3 is 2.54 bits per heavy atom. The first-order valence-electron chi connectivity index (χ1n) is 7.19. The zero-order valence-electron chi connectivity index (χ0n) is 12.7. The van der Waals surface area contributed by atoms with Crippen molar-refractivity contribution in [3.05, 3.63) is 74.9 Å². The molecule has 24 heavy (non-hydrogen) atoms. The van der Waals surface area contributed by atoms with Crippen molar-refractivity contribution in [3.8, 4) is 0 Å². The number of benzene rings is 2. The van der Waals surface area contributed by atoms with Gasteiger partial charge in [0.05, 0.1) is 11.6 Å². The van der Waals surface area contributed by atoms with Gasteiger partial charge in [0.2, 0.25) is 0 Å². The summed E-state index contributed by atoms with van der Waals surface area (Å²) in [5.41, 5.74) is 1.19. The van der Waals surface area contributed by atoms with Gasteiger partial charge in [0, 0.05) is 15.2 Å². The molecule has 1 N–H and O–H groups in total. The molecule has 2 aromatic rings. The number of anilines is 1. The molecule has 0 fully saturated rings. The van der Waals surface area contributed by atoms with E-state index < -0.39 is 17.7 Å². The Balaban J connectivity index is 2.23. The molecule has 0 saturated carbocycles. The standard InChI is InChI=1S/C18H13BrClNO3/c1-10(22)15-16(13-7-2-3-8-14(13)20)21(18(24)17(15)23)12-6-4-5-11(19)9-12/h2-9,16,23H,1H3/t16-/m1/s1. The molecule has 1 aliphatic heterocycles. The molecule has 122 valence electrons. The predicted octanol–water partition coefficient (Wildman–Crippen LogP) is 4.59. The fraction of sp³-hybridized carbons (Fsp3) is 0.111. The monoisotopic (exact) mass is 405 g/mol. The molecule has 0 saturated heterocycles. The number of halogens is 2. The van der Waals surface area contributed by atoms with E-state index >= 15 is 0 Å². The molecule has 6 heteroatoms. The normalized spacial score (nSPS) is 17.5. The van der Waals surface area contributed by atoms with Gasteiger partial charge in [-0.1, -0.05) is 51.8 Å². The van der Waals surface area contributed by atoms with Crippen LogP contribution < -0.4 is 4.90 Å². The number of ketones is 1. The summed E-state index contributed by atoms with van der Waals surface area (Å²) in [5.74, 6) is -1.53. The van der Waals surface area contributed by atoms with Gasteiger partial charge in [-0.25, -0.2) is 0 Å². The zero-order valence-corrected chi connectivity index (χ0v) is 15.0. The largest absolute Gasteiger partial charge is 0.503 e. The molecule has 0 bridgehead atoms. The molecule has 0 aromatic heterocycles. The summed E-state index contributed by atoms with van der Waals surface area (Å²) in [5, 5.41) is 10.7. The van der Waals surface area contributed by atoms with Gasteiger partial charge >= 0.3 is 0 Å². The van der Waals surface area contributed by atoms with Gasteiger partial charge in [-0.15, -0.1) is 0 Å². The van der Waals surface area contributed by atoms with Crippen LogP contribution in [0.25, 0.3) is 0 Å². The first-order valence-corrected chi connectivity index (χ1v) is 8.36. The van der Waals surface area contributed by atoms with Gasteiger partial charge in [-0.2, -0.15) is 0 Å². The number of hydrogen-bond acceptors (Lipinski definition) is 3. The van der Waals surface area contributed by atoms with Crippen LogP contribution in [0.2, 0.25) is 5.02 Å². The van der Waals surface area contributed by atoms with Gasteiger partial charge in [0.15, 0.2) is 11.5 Å².